The van der Waals surface area contributed by atoms with Gasteiger partial charge in [0.25, 0.3) is 0 Å². The monoisotopic (exact) mass is 522 g/mol. The molecule has 2 aromatic heterocycles. The standard InChI is InChI=1S/C21H20Cl2N6O4S/c1-34(30,31)29-4-5-32-21-17(29)6-11(8-28-21)19(25)13-7-12(2-3-16(13)24)33-20(26)18-14(22)9-27-10-15(18)23/h2-3,6-10,20,25H,4-5,24,26H2,1H3/t20-/m0/s1. The lowest BCUT2D eigenvalue weighted by atomic mass is 10.0. The minimum atomic E-state index is -3.55. The molecule has 0 unspecified atom stereocenters. The topological polar surface area (TPSA) is 158 Å². The number of nitrogens with two attached hydrogens (primary N) is 2. The first-order valence-corrected chi connectivity index (χ1v) is 12.5. The van der Waals surface area contributed by atoms with Crippen LogP contribution in [0.2, 0.25) is 10.0 Å². The number of nitrogen functional groups attached to an aromatic ring is 1. The number of sulfonamides is 1. The van der Waals surface area contributed by atoms with E-state index in [-0.39, 0.29) is 40.5 Å². The lowest BCUT2D eigenvalue weighted by molar-refractivity contribution is 0.214. The Labute approximate surface area is 206 Å². The number of benzene rings is 1. The Bertz CT molecular complexity index is 1370. The fraction of sp³-hybridized carbons (Fsp3) is 0.190. The highest BCUT2D eigenvalue weighted by molar-refractivity contribution is 7.92. The van der Waals surface area contributed by atoms with E-state index in [1.807, 2.05) is 0 Å². The van der Waals surface area contributed by atoms with Gasteiger partial charge < -0.3 is 15.2 Å². The number of pyridine rings is 2. The van der Waals surface area contributed by atoms with Crippen LogP contribution in [-0.4, -0.2) is 43.5 Å². The van der Waals surface area contributed by atoms with Crippen LogP contribution >= 0.6 is 23.2 Å². The van der Waals surface area contributed by atoms with Gasteiger partial charge >= 0.3 is 0 Å². The Morgan fingerprint density at radius 2 is 1.94 bits per heavy atom. The van der Waals surface area contributed by atoms with Crippen molar-refractivity contribution in [2.75, 3.05) is 29.4 Å². The van der Waals surface area contributed by atoms with Gasteiger partial charge in [-0.25, -0.2) is 13.4 Å². The van der Waals surface area contributed by atoms with Gasteiger partial charge in [-0.15, -0.1) is 0 Å². The Balaban J connectivity index is 1.66. The van der Waals surface area contributed by atoms with E-state index in [2.05, 4.69) is 9.97 Å². The van der Waals surface area contributed by atoms with E-state index >= 15 is 0 Å². The van der Waals surface area contributed by atoms with Crippen molar-refractivity contribution in [3.05, 3.63) is 69.6 Å². The van der Waals surface area contributed by atoms with Crippen molar-refractivity contribution in [1.82, 2.24) is 9.97 Å². The second-order valence-corrected chi connectivity index (χ2v) is 10.1. The number of nitrogens with zero attached hydrogens (tertiary/aromatic N) is 3. The summed E-state index contributed by atoms with van der Waals surface area (Å²) >= 11 is 12.3. The molecule has 5 N–H and O–H groups in total. The number of hydrogen-bond acceptors (Lipinski definition) is 9. The number of nitrogens with one attached hydrogen (secondary N) is 1. The van der Waals surface area contributed by atoms with Crippen LogP contribution in [0.5, 0.6) is 11.6 Å². The number of halogens is 2. The molecular formula is C21H20Cl2N6O4S. The molecule has 0 spiro atoms. The maximum atomic E-state index is 12.2. The van der Waals surface area contributed by atoms with Crippen LogP contribution in [0.1, 0.15) is 22.9 Å². The summed E-state index contributed by atoms with van der Waals surface area (Å²) in [7, 11) is -3.55. The molecule has 0 fully saturated rings. The van der Waals surface area contributed by atoms with Crippen LogP contribution in [0.3, 0.4) is 0 Å². The number of ether oxygens (including phenoxy) is 2. The van der Waals surface area contributed by atoms with Crippen LogP contribution < -0.4 is 25.2 Å². The van der Waals surface area contributed by atoms with Crippen molar-refractivity contribution < 1.29 is 17.9 Å². The second-order valence-electron chi connectivity index (χ2n) is 7.41. The Morgan fingerprint density at radius 1 is 1.24 bits per heavy atom. The molecule has 3 heterocycles. The third-order valence-corrected chi connectivity index (χ3v) is 6.84. The van der Waals surface area contributed by atoms with Gasteiger partial charge in [0.15, 0.2) is 6.23 Å². The molecule has 0 saturated heterocycles. The maximum absolute atomic E-state index is 12.2. The van der Waals surface area contributed by atoms with Crippen molar-refractivity contribution in [3.63, 3.8) is 0 Å². The van der Waals surface area contributed by atoms with Gasteiger partial charge in [0.2, 0.25) is 15.9 Å². The summed E-state index contributed by atoms with van der Waals surface area (Å²) in [6.45, 7) is 0.329. The molecule has 1 aliphatic rings. The summed E-state index contributed by atoms with van der Waals surface area (Å²) in [5, 5.41) is 9.20. The predicted molar refractivity (Wildman–Crippen MR) is 131 cm³/mol. The molecule has 4 rings (SSSR count). The number of rotatable bonds is 6. The third-order valence-electron chi connectivity index (χ3n) is 5.06. The molecule has 13 heteroatoms. The van der Waals surface area contributed by atoms with Crippen LogP contribution in [0.25, 0.3) is 0 Å². The first kappa shape index (κ1) is 24.0. The van der Waals surface area contributed by atoms with Crippen molar-refractivity contribution in [2.24, 2.45) is 5.73 Å². The molecule has 1 atom stereocenters. The largest absolute Gasteiger partial charge is 0.474 e. The average molecular weight is 523 g/mol. The minimum absolute atomic E-state index is 0.00539. The van der Waals surface area contributed by atoms with E-state index in [1.165, 1.54) is 29.0 Å². The van der Waals surface area contributed by atoms with Gasteiger partial charge in [0.05, 0.1) is 28.6 Å². The summed E-state index contributed by atoms with van der Waals surface area (Å²) < 4.78 is 36.8. The SMILES string of the molecule is CS(=O)(=O)N1CCOc2ncc(C(=N)c3cc(O[C@H](N)c4c(Cl)cncc4Cl)ccc3N)cc21. The summed E-state index contributed by atoms with van der Waals surface area (Å²) in [6.07, 6.45) is 4.33. The second kappa shape index (κ2) is 9.26. The van der Waals surface area contributed by atoms with Crippen LogP contribution in [0.15, 0.2) is 42.9 Å². The van der Waals surface area contributed by atoms with E-state index in [0.717, 1.165) is 6.26 Å². The van der Waals surface area contributed by atoms with E-state index in [4.69, 9.17) is 49.6 Å². The summed E-state index contributed by atoms with van der Waals surface area (Å²) in [4.78, 5) is 8.08. The van der Waals surface area contributed by atoms with Crippen molar-refractivity contribution in [3.8, 4) is 11.6 Å². The zero-order chi connectivity index (χ0) is 24.6. The maximum Gasteiger partial charge on any atom is 0.238 e. The molecule has 0 aliphatic carbocycles. The fourth-order valence-corrected chi connectivity index (χ4v) is 4.91. The molecule has 10 nitrogen and oxygen atoms in total. The zero-order valence-electron chi connectivity index (χ0n) is 17.8. The van der Waals surface area contributed by atoms with Gasteiger partial charge in [0, 0.05) is 41.0 Å². The van der Waals surface area contributed by atoms with Gasteiger partial charge in [-0.05, 0) is 24.3 Å². The van der Waals surface area contributed by atoms with E-state index in [9.17, 15) is 8.42 Å². The summed E-state index contributed by atoms with van der Waals surface area (Å²) in [6, 6.07) is 6.24. The fourth-order valence-electron chi connectivity index (χ4n) is 3.44. The molecule has 0 saturated carbocycles. The Morgan fingerprint density at radius 3 is 2.62 bits per heavy atom. The van der Waals surface area contributed by atoms with E-state index < -0.39 is 16.3 Å². The van der Waals surface area contributed by atoms with Crippen molar-refractivity contribution in [2.45, 2.75) is 6.23 Å². The van der Waals surface area contributed by atoms with Crippen LogP contribution in [0, 0.1) is 5.41 Å². The smallest absolute Gasteiger partial charge is 0.238 e. The van der Waals surface area contributed by atoms with Gasteiger partial charge in [-0.3, -0.25) is 20.4 Å². The molecule has 0 amide bonds. The molecule has 1 aromatic carbocycles. The Kier molecular flexibility index (Phi) is 6.54. The van der Waals surface area contributed by atoms with Crippen molar-refractivity contribution in [1.29, 1.82) is 5.41 Å². The molecule has 178 valence electrons. The summed E-state index contributed by atoms with van der Waals surface area (Å²) in [5.41, 5.74) is 13.9. The number of fused-ring (bicyclic) bond motifs is 1. The van der Waals surface area contributed by atoms with Crippen LogP contribution in [-0.2, 0) is 10.0 Å². The molecule has 34 heavy (non-hydrogen) atoms. The molecule has 1 aliphatic heterocycles. The first-order valence-electron chi connectivity index (χ1n) is 9.86. The Hall–Kier alpha value is -3.12. The van der Waals surface area contributed by atoms with Crippen LogP contribution in [0.4, 0.5) is 11.4 Å². The quantitative estimate of drug-likeness (QED) is 0.253. The molecule has 0 radical (unpaired) electrons. The average Bonchev–Trinajstić information content (AvgIpc) is 2.78. The number of aromatic nitrogens is 2. The molecular weight excluding hydrogens is 503 g/mol. The molecule has 0 bridgehead atoms. The van der Waals surface area contributed by atoms with Crippen molar-refractivity contribution >= 4 is 50.3 Å². The lowest BCUT2D eigenvalue weighted by Crippen LogP contribution is -2.37. The van der Waals surface area contributed by atoms with Gasteiger partial charge in [-0.1, -0.05) is 23.2 Å². The van der Waals surface area contributed by atoms with E-state index in [0.29, 0.717) is 28.1 Å². The van der Waals surface area contributed by atoms with Gasteiger partial charge in [-0.2, -0.15) is 0 Å². The number of hydrogen-bond donors (Lipinski definition) is 3. The third kappa shape index (κ3) is 4.73. The number of anilines is 2. The highest BCUT2D eigenvalue weighted by atomic mass is 35.5. The van der Waals surface area contributed by atoms with Gasteiger partial charge in [0.1, 0.15) is 18.0 Å². The molecule has 3 aromatic rings. The predicted octanol–water partition coefficient (Wildman–Crippen LogP) is 2.98. The minimum Gasteiger partial charge on any atom is -0.474 e. The van der Waals surface area contributed by atoms with E-state index in [1.54, 1.807) is 18.2 Å². The zero-order valence-corrected chi connectivity index (χ0v) is 20.2. The highest BCUT2D eigenvalue weighted by Crippen LogP contribution is 2.34. The lowest BCUT2D eigenvalue weighted by Gasteiger charge is -2.28. The first-order chi connectivity index (χ1) is 16.1. The highest BCUT2D eigenvalue weighted by Gasteiger charge is 2.27. The summed E-state index contributed by atoms with van der Waals surface area (Å²) in [5.74, 6) is 0.493. The normalized spacial score (nSPS) is 14.2.